The van der Waals surface area contributed by atoms with Crippen LogP contribution in [0.25, 0.3) is 11.4 Å². The normalized spacial score (nSPS) is 10.2. The number of pyridine rings is 1. The van der Waals surface area contributed by atoms with Gasteiger partial charge in [0.1, 0.15) is 5.69 Å². The molecule has 0 unspecified atom stereocenters. The van der Waals surface area contributed by atoms with Gasteiger partial charge >= 0.3 is 6.01 Å². The largest absolute Gasteiger partial charge is 0.467 e. The molecular weight excluding hydrogens is 233 g/mol. The monoisotopic (exact) mass is 239 g/mol. The number of rotatable bonds is 2. The molecule has 0 aliphatic heterocycles. The van der Waals surface area contributed by atoms with Crippen LogP contribution in [-0.4, -0.2) is 22.1 Å². The molecule has 0 aliphatic rings. The minimum atomic E-state index is -0.560. The summed E-state index contributed by atoms with van der Waals surface area (Å²) in [4.78, 5) is 11.5. The molecule has 4 nitrogen and oxygen atoms in total. The molecule has 6 heteroatoms. The van der Waals surface area contributed by atoms with Crippen LogP contribution in [0.2, 0.25) is 5.02 Å². The van der Waals surface area contributed by atoms with E-state index in [2.05, 4.69) is 15.0 Å². The average Bonchev–Trinajstić information content (AvgIpc) is 2.31. The number of hydrogen-bond donors (Lipinski definition) is 0. The summed E-state index contributed by atoms with van der Waals surface area (Å²) in [5, 5.41) is 0.477. The lowest BCUT2D eigenvalue weighted by Gasteiger charge is -2.03. The lowest BCUT2D eigenvalue weighted by Crippen LogP contribution is -1.97. The van der Waals surface area contributed by atoms with E-state index < -0.39 is 5.82 Å². The van der Waals surface area contributed by atoms with Crippen molar-refractivity contribution in [1.82, 2.24) is 15.0 Å². The van der Waals surface area contributed by atoms with Crippen molar-refractivity contribution in [3.8, 4) is 17.4 Å². The summed E-state index contributed by atoms with van der Waals surface area (Å²) in [7, 11) is 1.41. The topological polar surface area (TPSA) is 47.9 Å². The summed E-state index contributed by atoms with van der Waals surface area (Å²) in [5.41, 5.74) is 0.464. The summed E-state index contributed by atoms with van der Waals surface area (Å²) in [6.07, 6.45) is 2.46. The van der Waals surface area contributed by atoms with Gasteiger partial charge in [-0.1, -0.05) is 11.6 Å². The van der Waals surface area contributed by atoms with Gasteiger partial charge in [-0.2, -0.15) is 4.98 Å². The third-order valence-corrected chi connectivity index (χ3v) is 2.10. The Hall–Kier alpha value is -1.75. The first-order valence-electron chi connectivity index (χ1n) is 4.39. The molecule has 82 valence electrons. The Kier molecular flexibility index (Phi) is 2.96. The Morgan fingerprint density at radius 3 is 2.69 bits per heavy atom. The standard InChI is InChI=1S/C10H7ClFN3O/c1-16-10-14-5-7(12)9(15-10)8-3-2-6(11)4-13-8/h2-5H,1H3. The fourth-order valence-corrected chi connectivity index (χ4v) is 1.26. The lowest BCUT2D eigenvalue weighted by atomic mass is 10.2. The second-order valence-electron chi connectivity index (χ2n) is 2.91. The molecule has 2 aromatic rings. The van der Waals surface area contributed by atoms with Crippen LogP contribution in [0.1, 0.15) is 0 Å². The van der Waals surface area contributed by atoms with Gasteiger partial charge in [-0.15, -0.1) is 0 Å². The van der Waals surface area contributed by atoms with Gasteiger partial charge in [0.15, 0.2) is 5.82 Å². The minimum Gasteiger partial charge on any atom is -0.467 e. The summed E-state index contributed by atoms with van der Waals surface area (Å²) in [6, 6.07) is 3.28. The van der Waals surface area contributed by atoms with E-state index in [-0.39, 0.29) is 11.7 Å². The zero-order chi connectivity index (χ0) is 11.5. The highest BCUT2D eigenvalue weighted by atomic mass is 35.5. The molecule has 0 aromatic carbocycles. The van der Waals surface area contributed by atoms with Crippen LogP contribution in [0.4, 0.5) is 4.39 Å². The van der Waals surface area contributed by atoms with Gasteiger partial charge in [0, 0.05) is 6.20 Å². The van der Waals surface area contributed by atoms with E-state index in [9.17, 15) is 4.39 Å². The molecule has 2 heterocycles. The van der Waals surface area contributed by atoms with Crippen molar-refractivity contribution in [2.24, 2.45) is 0 Å². The molecule has 2 aromatic heterocycles. The van der Waals surface area contributed by atoms with Crippen LogP contribution in [0.5, 0.6) is 6.01 Å². The van der Waals surface area contributed by atoms with Gasteiger partial charge in [-0.25, -0.2) is 9.37 Å². The lowest BCUT2D eigenvalue weighted by molar-refractivity contribution is 0.377. The Morgan fingerprint density at radius 2 is 2.06 bits per heavy atom. The van der Waals surface area contributed by atoms with Crippen LogP contribution in [0.15, 0.2) is 24.5 Å². The summed E-state index contributed by atoms with van der Waals surface area (Å²) >= 11 is 5.68. The van der Waals surface area contributed by atoms with Crippen LogP contribution in [0.3, 0.4) is 0 Å². The molecule has 0 aliphatic carbocycles. The fraction of sp³-hybridized carbons (Fsp3) is 0.100. The predicted molar refractivity (Wildman–Crippen MR) is 56.8 cm³/mol. The summed E-state index contributed by atoms with van der Waals surface area (Å²) < 4.78 is 18.3. The highest BCUT2D eigenvalue weighted by Gasteiger charge is 2.10. The van der Waals surface area contributed by atoms with Crippen molar-refractivity contribution in [1.29, 1.82) is 0 Å². The van der Waals surface area contributed by atoms with Gasteiger partial charge in [0.05, 0.1) is 24.0 Å². The Morgan fingerprint density at radius 1 is 1.25 bits per heavy atom. The SMILES string of the molecule is COc1ncc(F)c(-c2ccc(Cl)cn2)n1. The molecule has 16 heavy (non-hydrogen) atoms. The van der Waals surface area contributed by atoms with E-state index in [4.69, 9.17) is 16.3 Å². The first-order valence-corrected chi connectivity index (χ1v) is 4.77. The maximum Gasteiger partial charge on any atom is 0.316 e. The smallest absolute Gasteiger partial charge is 0.316 e. The molecule has 0 atom stereocenters. The third-order valence-electron chi connectivity index (χ3n) is 1.87. The molecule has 0 radical (unpaired) electrons. The molecule has 0 spiro atoms. The number of hydrogen-bond acceptors (Lipinski definition) is 4. The van der Waals surface area contributed by atoms with E-state index in [1.165, 1.54) is 13.3 Å². The Balaban J connectivity index is 2.50. The van der Waals surface area contributed by atoms with Crippen LogP contribution in [0, 0.1) is 5.82 Å². The fourth-order valence-electron chi connectivity index (χ4n) is 1.14. The molecule has 0 saturated carbocycles. The number of nitrogens with zero attached hydrogens (tertiary/aromatic N) is 3. The second kappa shape index (κ2) is 4.40. The molecule has 0 saturated heterocycles. The molecule has 0 N–H and O–H groups in total. The van der Waals surface area contributed by atoms with Gasteiger partial charge in [0.25, 0.3) is 0 Å². The maximum absolute atomic E-state index is 13.4. The van der Waals surface area contributed by atoms with Crippen molar-refractivity contribution in [2.45, 2.75) is 0 Å². The first-order chi connectivity index (χ1) is 7.70. The maximum atomic E-state index is 13.4. The van der Waals surface area contributed by atoms with Crippen LogP contribution < -0.4 is 4.74 Å². The van der Waals surface area contributed by atoms with E-state index in [0.717, 1.165) is 6.20 Å². The van der Waals surface area contributed by atoms with Crippen molar-refractivity contribution >= 4 is 11.6 Å². The van der Waals surface area contributed by atoms with Crippen molar-refractivity contribution < 1.29 is 9.13 Å². The van der Waals surface area contributed by atoms with Gasteiger partial charge < -0.3 is 4.74 Å². The van der Waals surface area contributed by atoms with Gasteiger partial charge in [-0.05, 0) is 12.1 Å². The highest BCUT2D eigenvalue weighted by Crippen LogP contribution is 2.20. The van der Waals surface area contributed by atoms with Crippen molar-refractivity contribution in [3.05, 3.63) is 35.4 Å². The zero-order valence-corrected chi connectivity index (χ0v) is 9.07. The van der Waals surface area contributed by atoms with E-state index in [1.54, 1.807) is 12.1 Å². The van der Waals surface area contributed by atoms with E-state index in [0.29, 0.717) is 10.7 Å². The van der Waals surface area contributed by atoms with Gasteiger partial charge in [-0.3, -0.25) is 4.98 Å². The number of aromatic nitrogens is 3. The Bertz CT molecular complexity index is 504. The van der Waals surface area contributed by atoms with Crippen molar-refractivity contribution in [2.75, 3.05) is 7.11 Å². The quantitative estimate of drug-likeness (QED) is 0.807. The first kappa shape index (κ1) is 10.8. The van der Waals surface area contributed by atoms with Crippen molar-refractivity contribution in [3.63, 3.8) is 0 Å². The summed E-state index contributed by atoms with van der Waals surface area (Å²) in [6.45, 7) is 0. The molecule has 0 bridgehead atoms. The van der Waals surface area contributed by atoms with E-state index in [1.807, 2.05) is 0 Å². The summed E-state index contributed by atoms with van der Waals surface area (Å²) in [5.74, 6) is -0.560. The molecule has 0 amide bonds. The number of methoxy groups -OCH3 is 1. The zero-order valence-electron chi connectivity index (χ0n) is 8.32. The molecule has 0 fully saturated rings. The number of ether oxygens (including phenoxy) is 1. The second-order valence-corrected chi connectivity index (χ2v) is 3.35. The average molecular weight is 240 g/mol. The highest BCUT2D eigenvalue weighted by molar-refractivity contribution is 6.30. The Labute approximate surface area is 96.1 Å². The van der Waals surface area contributed by atoms with Crippen LogP contribution >= 0.6 is 11.6 Å². The minimum absolute atomic E-state index is 0.0866. The predicted octanol–water partition coefficient (Wildman–Crippen LogP) is 2.34. The van der Waals surface area contributed by atoms with E-state index >= 15 is 0 Å². The number of halogens is 2. The molecule has 2 rings (SSSR count). The van der Waals surface area contributed by atoms with Crippen LogP contribution in [-0.2, 0) is 0 Å². The molecular formula is C10H7ClFN3O. The van der Waals surface area contributed by atoms with Gasteiger partial charge in [0.2, 0.25) is 0 Å². The third kappa shape index (κ3) is 2.09.